The van der Waals surface area contributed by atoms with Crippen LogP contribution in [0.4, 0.5) is 0 Å². The summed E-state index contributed by atoms with van der Waals surface area (Å²) in [4.78, 5) is 5.77. The normalized spacial score (nSPS) is 12.7. The lowest BCUT2D eigenvalue weighted by atomic mass is 10.2. The third kappa shape index (κ3) is 2.77. The van der Waals surface area contributed by atoms with Crippen LogP contribution in [0.1, 0.15) is 28.0 Å². The summed E-state index contributed by atoms with van der Waals surface area (Å²) in [5, 5.41) is 10.0. The van der Waals surface area contributed by atoms with E-state index in [-0.39, 0.29) is 6.04 Å². The predicted octanol–water partition coefficient (Wildman–Crippen LogP) is 2.40. The van der Waals surface area contributed by atoms with E-state index in [0.29, 0.717) is 0 Å². The van der Waals surface area contributed by atoms with Crippen LogP contribution in [0.25, 0.3) is 0 Å². The first-order valence-corrected chi connectivity index (χ1v) is 7.76. The number of nitrogens with one attached hydrogen (secondary N) is 1. The lowest BCUT2D eigenvalue weighted by Crippen LogP contribution is -2.24. The van der Waals surface area contributed by atoms with Gasteiger partial charge in [0.05, 0.1) is 6.20 Å². The van der Waals surface area contributed by atoms with Crippen molar-refractivity contribution in [2.75, 3.05) is 0 Å². The smallest absolute Gasteiger partial charge is 0.131 e. The van der Waals surface area contributed by atoms with Crippen molar-refractivity contribution in [3.05, 3.63) is 58.1 Å². The largest absolute Gasteiger partial charge is 0.336 e. The second kappa shape index (κ2) is 5.83. The van der Waals surface area contributed by atoms with Crippen LogP contribution in [0.5, 0.6) is 0 Å². The van der Waals surface area contributed by atoms with Crippen LogP contribution < -0.4 is 5.32 Å². The molecule has 3 heterocycles. The van der Waals surface area contributed by atoms with Gasteiger partial charge in [-0.3, -0.25) is 10.00 Å². The Hall–Kier alpha value is -1.92. The van der Waals surface area contributed by atoms with E-state index in [9.17, 15) is 0 Å². The molecule has 0 saturated carbocycles. The third-order valence-electron chi connectivity index (χ3n) is 3.78. The number of thiophene rings is 1. The van der Waals surface area contributed by atoms with Crippen molar-refractivity contribution in [3.8, 4) is 0 Å². The van der Waals surface area contributed by atoms with Gasteiger partial charge < -0.3 is 4.57 Å². The third-order valence-corrected chi connectivity index (χ3v) is 4.72. The molecule has 0 aliphatic carbocycles. The Kier molecular flexibility index (Phi) is 3.90. The van der Waals surface area contributed by atoms with Gasteiger partial charge in [-0.05, 0) is 18.4 Å². The average Bonchev–Trinajstić information content (AvgIpc) is 3.19. The first kappa shape index (κ1) is 14.0. The van der Waals surface area contributed by atoms with E-state index in [0.717, 1.165) is 12.4 Å². The van der Waals surface area contributed by atoms with Crippen LogP contribution >= 0.6 is 11.3 Å². The maximum absolute atomic E-state index is 4.50. The molecule has 1 N–H and O–H groups in total. The summed E-state index contributed by atoms with van der Waals surface area (Å²) >= 11 is 1.75. The Morgan fingerprint density at radius 2 is 2.24 bits per heavy atom. The number of aryl methyl sites for hydroxylation is 2. The molecule has 3 aromatic heterocycles. The van der Waals surface area contributed by atoms with Gasteiger partial charge in [0, 0.05) is 49.2 Å². The van der Waals surface area contributed by atoms with Crippen LogP contribution in [0.3, 0.4) is 0 Å². The molecule has 0 fully saturated rings. The molecule has 3 aromatic rings. The topological polar surface area (TPSA) is 47.7 Å². The molecule has 1 unspecified atom stereocenters. The Morgan fingerprint density at radius 1 is 1.38 bits per heavy atom. The molecule has 3 rings (SSSR count). The minimum Gasteiger partial charge on any atom is -0.336 e. The Labute approximate surface area is 128 Å². The predicted molar refractivity (Wildman–Crippen MR) is 84.2 cm³/mol. The molecule has 0 saturated heterocycles. The minimum absolute atomic E-state index is 0.101. The summed E-state index contributed by atoms with van der Waals surface area (Å²) in [6.45, 7) is 2.86. The van der Waals surface area contributed by atoms with E-state index in [4.69, 9.17) is 0 Å². The van der Waals surface area contributed by atoms with Gasteiger partial charge in [-0.1, -0.05) is 6.07 Å². The quantitative estimate of drug-likeness (QED) is 0.787. The molecule has 6 heteroatoms. The van der Waals surface area contributed by atoms with Gasteiger partial charge in [0.1, 0.15) is 11.9 Å². The Balaban J connectivity index is 1.84. The molecular weight excluding hydrogens is 282 g/mol. The van der Waals surface area contributed by atoms with E-state index < -0.39 is 0 Å². The number of nitrogens with zero attached hydrogens (tertiary/aromatic N) is 4. The van der Waals surface area contributed by atoms with Gasteiger partial charge in [0.25, 0.3) is 0 Å². The molecule has 110 valence electrons. The van der Waals surface area contributed by atoms with E-state index in [1.165, 1.54) is 16.1 Å². The molecule has 1 atom stereocenters. The lowest BCUT2D eigenvalue weighted by Gasteiger charge is -2.17. The van der Waals surface area contributed by atoms with Gasteiger partial charge >= 0.3 is 0 Å². The highest BCUT2D eigenvalue weighted by molar-refractivity contribution is 7.10. The Morgan fingerprint density at radius 3 is 2.81 bits per heavy atom. The van der Waals surface area contributed by atoms with Crippen molar-refractivity contribution in [3.63, 3.8) is 0 Å². The number of rotatable bonds is 5. The average molecular weight is 301 g/mol. The van der Waals surface area contributed by atoms with Crippen LogP contribution in [0, 0.1) is 6.92 Å². The zero-order valence-electron chi connectivity index (χ0n) is 12.4. The van der Waals surface area contributed by atoms with Crippen LogP contribution in [0.2, 0.25) is 0 Å². The number of aromatic nitrogens is 4. The molecule has 0 amide bonds. The standard InChI is InChI=1S/C15H19N5S/c1-11-12(10-18-20(11)3)9-17-14(13-5-4-8-21-13)15-16-6-7-19(15)2/h4-8,10,14,17H,9H2,1-3H3. The summed E-state index contributed by atoms with van der Waals surface area (Å²) in [6, 6.07) is 4.32. The van der Waals surface area contributed by atoms with Gasteiger partial charge in [-0.15, -0.1) is 11.3 Å². The van der Waals surface area contributed by atoms with Crippen molar-refractivity contribution in [1.29, 1.82) is 0 Å². The van der Waals surface area contributed by atoms with Crippen LogP contribution in [0.15, 0.2) is 36.1 Å². The summed E-state index contributed by atoms with van der Waals surface area (Å²) in [5.41, 5.74) is 2.40. The first-order valence-electron chi connectivity index (χ1n) is 6.88. The molecule has 0 radical (unpaired) electrons. The second-order valence-electron chi connectivity index (χ2n) is 5.10. The Bertz CT molecular complexity index is 710. The van der Waals surface area contributed by atoms with Crippen molar-refractivity contribution >= 4 is 11.3 Å². The van der Waals surface area contributed by atoms with E-state index in [2.05, 4.69) is 44.4 Å². The molecular formula is C15H19N5S. The highest BCUT2D eigenvalue weighted by Gasteiger charge is 2.19. The monoisotopic (exact) mass is 301 g/mol. The second-order valence-corrected chi connectivity index (χ2v) is 6.08. The highest BCUT2D eigenvalue weighted by atomic mass is 32.1. The number of imidazole rings is 1. The number of hydrogen-bond donors (Lipinski definition) is 1. The first-order chi connectivity index (χ1) is 10.2. The number of hydrogen-bond acceptors (Lipinski definition) is 4. The molecule has 5 nitrogen and oxygen atoms in total. The van der Waals surface area contributed by atoms with Gasteiger partial charge in [0.2, 0.25) is 0 Å². The zero-order valence-corrected chi connectivity index (χ0v) is 13.3. The van der Waals surface area contributed by atoms with Crippen molar-refractivity contribution in [2.45, 2.75) is 19.5 Å². The summed E-state index contributed by atoms with van der Waals surface area (Å²) in [7, 11) is 3.99. The van der Waals surface area contributed by atoms with E-state index >= 15 is 0 Å². The maximum Gasteiger partial charge on any atom is 0.131 e. The fourth-order valence-electron chi connectivity index (χ4n) is 2.36. The molecule has 0 spiro atoms. The van der Waals surface area contributed by atoms with Crippen LogP contribution in [-0.2, 0) is 20.6 Å². The van der Waals surface area contributed by atoms with Gasteiger partial charge in [-0.2, -0.15) is 5.10 Å². The zero-order chi connectivity index (χ0) is 14.8. The highest BCUT2D eigenvalue weighted by Crippen LogP contribution is 2.25. The van der Waals surface area contributed by atoms with Gasteiger partial charge in [0.15, 0.2) is 0 Å². The summed E-state index contributed by atoms with van der Waals surface area (Å²) in [5.74, 6) is 1.03. The summed E-state index contributed by atoms with van der Waals surface area (Å²) < 4.78 is 3.96. The lowest BCUT2D eigenvalue weighted by molar-refractivity contribution is 0.563. The molecule has 0 bridgehead atoms. The van der Waals surface area contributed by atoms with E-state index in [1.807, 2.05) is 37.4 Å². The molecule has 0 aliphatic rings. The summed E-state index contributed by atoms with van der Waals surface area (Å²) in [6.07, 6.45) is 5.74. The van der Waals surface area contributed by atoms with E-state index in [1.54, 1.807) is 11.3 Å². The SMILES string of the molecule is Cc1c(CNC(c2cccs2)c2nccn2C)cnn1C. The molecule has 0 aliphatic heterocycles. The fourth-order valence-corrected chi connectivity index (χ4v) is 3.16. The van der Waals surface area contributed by atoms with Crippen LogP contribution in [-0.4, -0.2) is 19.3 Å². The van der Waals surface area contributed by atoms with Crippen molar-refractivity contribution in [1.82, 2.24) is 24.6 Å². The van der Waals surface area contributed by atoms with Crippen molar-refractivity contribution < 1.29 is 0 Å². The fraction of sp³-hybridized carbons (Fsp3) is 0.333. The van der Waals surface area contributed by atoms with Gasteiger partial charge in [-0.25, -0.2) is 4.98 Å². The van der Waals surface area contributed by atoms with Crippen molar-refractivity contribution in [2.24, 2.45) is 14.1 Å². The minimum atomic E-state index is 0.101. The molecule has 21 heavy (non-hydrogen) atoms. The molecule has 0 aromatic carbocycles. The maximum atomic E-state index is 4.50.